The average Bonchev–Trinajstić information content (AvgIpc) is 3.09. The van der Waals surface area contributed by atoms with Crippen molar-refractivity contribution in [2.45, 2.75) is 32.9 Å². The van der Waals surface area contributed by atoms with E-state index < -0.39 is 0 Å². The number of rotatable bonds is 5. The minimum Gasteiger partial charge on any atom is -0.354 e. The van der Waals surface area contributed by atoms with Crippen LogP contribution in [0.2, 0.25) is 0 Å². The van der Waals surface area contributed by atoms with Gasteiger partial charge in [-0.1, -0.05) is 44.2 Å². The molecule has 0 unspecified atom stereocenters. The van der Waals surface area contributed by atoms with E-state index in [1.807, 2.05) is 13.8 Å². The Balaban J connectivity index is 1.75. The number of carbonyl (C=O) groups excluding carboxylic acids is 1. The predicted molar refractivity (Wildman–Crippen MR) is 95.5 cm³/mol. The molecule has 0 spiro atoms. The Labute approximate surface area is 142 Å². The molecule has 0 bridgehead atoms. The van der Waals surface area contributed by atoms with E-state index in [0.717, 1.165) is 19.5 Å². The summed E-state index contributed by atoms with van der Waals surface area (Å²) in [4.78, 5) is 15.8. The Morgan fingerprint density at radius 2 is 2.00 bits per heavy atom. The van der Waals surface area contributed by atoms with E-state index in [4.69, 9.17) is 0 Å². The van der Waals surface area contributed by atoms with Crippen LogP contribution in [0.5, 0.6) is 0 Å². The smallest absolute Gasteiger partial charge is 0.222 e. The molecule has 0 saturated heterocycles. The lowest BCUT2D eigenvalue weighted by Gasteiger charge is -2.35. The number of fused-ring (bicyclic) bond motifs is 1. The number of carbonyl (C=O) groups is 1. The van der Waals surface area contributed by atoms with E-state index in [2.05, 4.69) is 52.0 Å². The van der Waals surface area contributed by atoms with Gasteiger partial charge in [-0.05, 0) is 29.0 Å². The second-order valence-electron chi connectivity index (χ2n) is 6.42. The van der Waals surface area contributed by atoms with E-state index >= 15 is 0 Å². The summed E-state index contributed by atoms with van der Waals surface area (Å²) in [5, 5.41) is 5.23. The van der Waals surface area contributed by atoms with Crippen LogP contribution in [0, 0.1) is 5.92 Å². The summed E-state index contributed by atoms with van der Waals surface area (Å²) in [6.07, 6.45) is 1.08. The first-order valence-electron chi connectivity index (χ1n) is 8.27. The number of nitrogens with one attached hydrogen (secondary N) is 1. The minimum atomic E-state index is 0.0288. The number of benzene rings is 1. The Bertz CT molecular complexity index is 651. The minimum absolute atomic E-state index is 0.0288. The molecule has 1 amide bonds. The van der Waals surface area contributed by atoms with Crippen LogP contribution in [0.15, 0.2) is 41.8 Å². The molecular formula is C19H24N2OS. The molecule has 0 fully saturated rings. The van der Waals surface area contributed by atoms with Gasteiger partial charge >= 0.3 is 0 Å². The van der Waals surface area contributed by atoms with Gasteiger partial charge in [0.1, 0.15) is 0 Å². The third-order valence-corrected chi connectivity index (χ3v) is 5.44. The summed E-state index contributed by atoms with van der Waals surface area (Å²) < 4.78 is 0. The van der Waals surface area contributed by atoms with Crippen molar-refractivity contribution >= 4 is 17.2 Å². The van der Waals surface area contributed by atoms with Crippen LogP contribution in [-0.2, 0) is 17.8 Å². The van der Waals surface area contributed by atoms with Crippen molar-refractivity contribution in [2.24, 2.45) is 5.92 Å². The highest BCUT2D eigenvalue weighted by molar-refractivity contribution is 7.10. The largest absolute Gasteiger partial charge is 0.354 e. The van der Waals surface area contributed by atoms with Crippen molar-refractivity contribution in [3.63, 3.8) is 0 Å². The van der Waals surface area contributed by atoms with Crippen LogP contribution >= 0.6 is 11.3 Å². The fourth-order valence-electron chi connectivity index (χ4n) is 3.08. The molecule has 1 N–H and O–H groups in total. The summed E-state index contributed by atoms with van der Waals surface area (Å²) in [6.45, 7) is 6.55. The SMILES string of the molecule is CC(C)C(=O)NC[C@@H](c1cccs1)N1CCc2ccccc2C1. The molecule has 3 rings (SSSR count). The van der Waals surface area contributed by atoms with Gasteiger partial charge in [0.2, 0.25) is 5.91 Å². The normalized spacial score (nSPS) is 16.1. The van der Waals surface area contributed by atoms with Gasteiger partial charge in [-0.3, -0.25) is 9.69 Å². The van der Waals surface area contributed by atoms with Gasteiger partial charge in [-0.2, -0.15) is 0 Å². The first-order valence-corrected chi connectivity index (χ1v) is 9.15. The monoisotopic (exact) mass is 328 g/mol. The van der Waals surface area contributed by atoms with Gasteiger partial charge in [0, 0.05) is 30.4 Å². The Morgan fingerprint density at radius 3 is 2.70 bits per heavy atom. The Morgan fingerprint density at radius 1 is 1.22 bits per heavy atom. The fraction of sp³-hybridized carbons (Fsp3) is 0.421. The van der Waals surface area contributed by atoms with Gasteiger partial charge in [-0.25, -0.2) is 0 Å². The second kappa shape index (κ2) is 7.28. The van der Waals surface area contributed by atoms with E-state index in [1.54, 1.807) is 11.3 Å². The van der Waals surface area contributed by atoms with Crippen LogP contribution in [0.1, 0.15) is 35.9 Å². The zero-order valence-corrected chi connectivity index (χ0v) is 14.6. The van der Waals surface area contributed by atoms with E-state index in [0.29, 0.717) is 6.54 Å². The topological polar surface area (TPSA) is 32.3 Å². The summed E-state index contributed by atoms with van der Waals surface area (Å²) in [5.74, 6) is 0.157. The molecule has 1 aliphatic rings. The number of thiophene rings is 1. The van der Waals surface area contributed by atoms with E-state index in [1.165, 1.54) is 16.0 Å². The molecule has 1 aliphatic heterocycles. The zero-order valence-electron chi connectivity index (χ0n) is 13.8. The Kier molecular flexibility index (Phi) is 5.13. The van der Waals surface area contributed by atoms with Crippen molar-refractivity contribution in [3.8, 4) is 0 Å². The summed E-state index contributed by atoms with van der Waals surface area (Å²) in [7, 11) is 0. The standard InChI is InChI=1S/C19H24N2OS/c1-14(2)19(22)20-12-17(18-8-5-11-23-18)21-10-9-15-6-3-4-7-16(15)13-21/h3-8,11,14,17H,9-10,12-13H2,1-2H3,(H,20,22)/t17-/m0/s1. The maximum atomic E-state index is 12.0. The van der Waals surface area contributed by atoms with Gasteiger partial charge in [-0.15, -0.1) is 11.3 Å². The summed E-state index contributed by atoms with van der Waals surface area (Å²) in [6, 6.07) is 13.2. The predicted octanol–water partition coefficient (Wildman–Crippen LogP) is 3.62. The maximum absolute atomic E-state index is 12.0. The molecule has 0 saturated carbocycles. The summed E-state index contributed by atoms with van der Waals surface area (Å²) in [5.41, 5.74) is 2.87. The van der Waals surface area contributed by atoms with Gasteiger partial charge in [0.15, 0.2) is 0 Å². The second-order valence-corrected chi connectivity index (χ2v) is 7.40. The van der Waals surface area contributed by atoms with E-state index in [9.17, 15) is 4.79 Å². The molecule has 2 aromatic rings. The molecular weight excluding hydrogens is 304 g/mol. The first-order chi connectivity index (χ1) is 11.1. The molecule has 1 atom stereocenters. The van der Waals surface area contributed by atoms with Gasteiger partial charge < -0.3 is 5.32 Å². The molecule has 23 heavy (non-hydrogen) atoms. The average molecular weight is 328 g/mol. The molecule has 122 valence electrons. The number of hydrogen-bond acceptors (Lipinski definition) is 3. The highest BCUT2D eigenvalue weighted by Crippen LogP contribution is 2.30. The number of nitrogens with zero attached hydrogens (tertiary/aromatic N) is 1. The summed E-state index contributed by atoms with van der Waals surface area (Å²) >= 11 is 1.77. The van der Waals surface area contributed by atoms with Gasteiger partial charge in [0.25, 0.3) is 0 Å². The lowest BCUT2D eigenvalue weighted by Crippen LogP contribution is -2.41. The highest BCUT2D eigenvalue weighted by Gasteiger charge is 2.26. The third-order valence-electron chi connectivity index (χ3n) is 4.47. The zero-order chi connectivity index (χ0) is 16.2. The van der Waals surface area contributed by atoms with Gasteiger partial charge in [0.05, 0.1) is 6.04 Å². The maximum Gasteiger partial charge on any atom is 0.222 e. The van der Waals surface area contributed by atoms with Crippen LogP contribution < -0.4 is 5.32 Å². The fourth-order valence-corrected chi connectivity index (χ4v) is 3.94. The molecule has 0 aliphatic carbocycles. The molecule has 3 nitrogen and oxygen atoms in total. The van der Waals surface area contributed by atoms with E-state index in [-0.39, 0.29) is 17.9 Å². The van der Waals surface area contributed by atoms with Crippen LogP contribution in [-0.4, -0.2) is 23.9 Å². The van der Waals surface area contributed by atoms with Crippen LogP contribution in [0.4, 0.5) is 0 Å². The number of hydrogen-bond donors (Lipinski definition) is 1. The Hall–Kier alpha value is -1.65. The lowest BCUT2D eigenvalue weighted by molar-refractivity contribution is -0.124. The quantitative estimate of drug-likeness (QED) is 0.909. The van der Waals surface area contributed by atoms with Crippen molar-refractivity contribution in [2.75, 3.05) is 13.1 Å². The van der Waals surface area contributed by atoms with Crippen molar-refractivity contribution < 1.29 is 4.79 Å². The first kappa shape index (κ1) is 16.2. The molecule has 0 radical (unpaired) electrons. The van der Waals surface area contributed by atoms with Crippen molar-refractivity contribution in [1.29, 1.82) is 0 Å². The molecule has 1 aromatic heterocycles. The molecule has 1 aromatic carbocycles. The van der Waals surface area contributed by atoms with Crippen molar-refractivity contribution in [1.82, 2.24) is 10.2 Å². The molecule has 4 heteroatoms. The van der Waals surface area contributed by atoms with Crippen molar-refractivity contribution in [3.05, 3.63) is 57.8 Å². The molecule has 2 heterocycles. The van der Waals surface area contributed by atoms with Crippen LogP contribution in [0.3, 0.4) is 0 Å². The lowest BCUT2D eigenvalue weighted by atomic mass is 9.98. The third kappa shape index (κ3) is 3.82. The highest BCUT2D eigenvalue weighted by atomic mass is 32.1. The van der Waals surface area contributed by atoms with Crippen LogP contribution in [0.25, 0.3) is 0 Å². The number of amides is 1.